The predicted octanol–water partition coefficient (Wildman–Crippen LogP) is 3.27. The molecule has 4 heteroatoms. The van der Waals surface area contributed by atoms with E-state index in [0.29, 0.717) is 12.5 Å². The number of carbonyl (C=O) groups is 1. The summed E-state index contributed by atoms with van der Waals surface area (Å²) in [5.74, 6) is 0.713. The monoisotopic (exact) mass is 272 g/mol. The van der Waals surface area contributed by atoms with Crippen LogP contribution in [0.5, 0.6) is 0 Å². The van der Waals surface area contributed by atoms with Crippen LogP contribution in [0.15, 0.2) is 0 Å². The summed E-state index contributed by atoms with van der Waals surface area (Å²) in [7, 11) is 0. The van der Waals surface area contributed by atoms with Crippen LogP contribution in [0.25, 0.3) is 0 Å². The van der Waals surface area contributed by atoms with E-state index >= 15 is 0 Å². The minimum Gasteiger partial charge on any atom is -0.444 e. The van der Waals surface area contributed by atoms with Crippen molar-refractivity contribution in [3.63, 3.8) is 0 Å². The first-order valence-corrected chi connectivity index (χ1v) is 7.45. The summed E-state index contributed by atoms with van der Waals surface area (Å²) in [6.07, 6.45) is 1.91. The molecule has 1 N–H and O–H groups in total. The average molecular weight is 272 g/mol. The van der Waals surface area contributed by atoms with Gasteiger partial charge in [0.1, 0.15) is 5.60 Å². The summed E-state index contributed by atoms with van der Waals surface area (Å²) in [5.41, 5.74) is -0.422. The van der Waals surface area contributed by atoms with Gasteiger partial charge in [0.25, 0.3) is 0 Å². The van der Waals surface area contributed by atoms with Crippen LogP contribution in [0.4, 0.5) is 4.79 Å². The van der Waals surface area contributed by atoms with E-state index < -0.39 is 5.60 Å². The standard InChI is InChI=1S/C15H32N2O2/c1-7-11-17(14(18)19-15(4,5)6)12-10-16-9-8-13(2)3/h13,16H,7-12H2,1-6H3. The molecule has 0 spiro atoms. The molecule has 4 nitrogen and oxygen atoms in total. The van der Waals surface area contributed by atoms with Crippen LogP contribution in [0, 0.1) is 5.92 Å². The molecule has 0 aliphatic heterocycles. The van der Waals surface area contributed by atoms with Gasteiger partial charge in [-0.2, -0.15) is 0 Å². The van der Waals surface area contributed by atoms with Crippen molar-refractivity contribution in [1.29, 1.82) is 0 Å². The quantitative estimate of drug-likeness (QED) is 0.690. The maximum absolute atomic E-state index is 12.0. The Labute approximate surface area is 118 Å². The van der Waals surface area contributed by atoms with Gasteiger partial charge < -0.3 is 15.0 Å². The first kappa shape index (κ1) is 18.2. The van der Waals surface area contributed by atoms with Crippen LogP contribution < -0.4 is 5.32 Å². The van der Waals surface area contributed by atoms with Crippen LogP contribution in [-0.4, -0.2) is 42.8 Å². The fourth-order valence-corrected chi connectivity index (χ4v) is 1.62. The van der Waals surface area contributed by atoms with E-state index in [1.54, 1.807) is 4.90 Å². The number of nitrogens with one attached hydrogen (secondary N) is 1. The number of ether oxygens (including phenoxy) is 1. The fourth-order valence-electron chi connectivity index (χ4n) is 1.62. The lowest BCUT2D eigenvalue weighted by molar-refractivity contribution is 0.0252. The zero-order chi connectivity index (χ0) is 14.9. The van der Waals surface area contributed by atoms with Gasteiger partial charge in [-0.05, 0) is 46.1 Å². The Balaban J connectivity index is 4.01. The number of carbonyl (C=O) groups excluding carboxylic acids is 1. The Bertz CT molecular complexity index is 247. The van der Waals surface area contributed by atoms with Crippen molar-refractivity contribution < 1.29 is 9.53 Å². The lowest BCUT2D eigenvalue weighted by atomic mass is 10.1. The molecule has 19 heavy (non-hydrogen) atoms. The molecule has 0 bridgehead atoms. The zero-order valence-electron chi connectivity index (χ0n) is 13.6. The van der Waals surface area contributed by atoms with Crippen molar-refractivity contribution in [2.45, 2.75) is 60.0 Å². The van der Waals surface area contributed by atoms with Crippen LogP contribution in [-0.2, 0) is 4.74 Å². The summed E-state index contributed by atoms with van der Waals surface area (Å²) in [4.78, 5) is 13.8. The molecule has 0 aliphatic carbocycles. The zero-order valence-corrected chi connectivity index (χ0v) is 13.6. The third-order valence-corrected chi connectivity index (χ3v) is 2.60. The summed E-state index contributed by atoms with van der Waals surface area (Å²) in [5, 5.41) is 3.37. The van der Waals surface area contributed by atoms with E-state index in [-0.39, 0.29) is 6.09 Å². The topological polar surface area (TPSA) is 41.6 Å². The minimum atomic E-state index is -0.422. The molecule has 0 saturated carbocycles. The SMILES string of the molecule is CCCN(CCNCCC(C)C)C(=O)OC(C)(C)C. The summed E-state index contributed by atoms with van der Waals surface area (Å²) in [6, 6.07) is 0. The molecule has 0 fully saturated rings. The second kappa shape index (κ2) is 9.18. The van der Waals surface area contributed by atoms with Crippen molar-refractivity contribution in [3.8, 4) is 0 Å². The van der Waals surface area contributed by atoms with Crippen LogP contribution >= 0.6 is 0 Å². The molecule has 0 unspecified atom stereocenters. The predicted molar refractivity (Wildman–Crippen MR) is 80.4 cm³/mol. The van der Waals surface area contributed by atoms with Gasteiger partial charge in [-0.25, -0.2) is 4.79 Å². The van der Waals surface area contributed by atoms with Crippen LogP contribution in [0.1, 0.15) is 54.4 Å². The van der Waals surface area contributed by atoms with Gasteiger partial charge in [0.2, 0.25) is 0 Å². The van der Waals surface area contributed by atoms with E-state index in [1.165, 1.54) is 6.42 Å². The average Bonchev–Trinajstić information content (AvgIpc) is 2.24. The van der Waals surface area contributed by atoms with Crippen molar-refractivity contribution >= 4 is 6.09 Å². The molecule has 0 aromatic rings. The lowest BCUT2D eigenvalue weighted by Crippen LogP contribution is -2.41. The van der Waals surface area contributed by atoms with Gasteiger partial charge in [0, 0.05) is 19.6 Å². The van der Waals surface area contributed by atoms with Crippen molar-refractivity contribution in [2.75, 3.05) is 26.2 Å². The molecule has 0 aliphatic rings. The van der Waals surface area contributed by atoms with Gasteiger partial charge in [0.05, 0.1) is 0 Å². The molecule has 114 valence electrons. The van der Waals surface area contributed by atoms with E-state index in [1.807, 2.05) is 20.8 Å². The molecular formula is C15H32N2O2. The van der Waals surface area contributed by atoms with Gasteiger partial charge in [-0.1, -0.05) is 20.8 Å². The third kappa shape index (κ3) is 10.8. The van der Waals surface area contributed by atoms with Crippen molar-refractivity contribution in [1.82, 2.24) is 10.2 Å². The number of hydrogen-bond donors (Lipinski definition) is 1. The molecule has 0 aromatic carbocycles. The van der Waals surface area contributed by atoms with E-state index in [9.17, 15) is 4.79 Å². The van der Waals surface area contributed by atoms with E-state index in [0.717, 1.165) is 26.1 Å². The highest BCUT2D eigenvalue weighted by atomic mass is 16.6. The van der Waals surface area contributed by atoms with Gasteiger partial charge in [-0.15, -0.1) is 0 Å². The molecule has 0 aromatic heterocycles. The highest BCUT2D eigenvalue weighted by Gasteiger charge is 2.21. The highest BCUT2D eigenvalue weighted by Crippen LogP contribution is 2.10. The smallest absolute Gasteiger partial charge is 0.410 e. The molecule has 0 heterocycles. The largest absolute Gasteiger partial charge is 0.444 e. The van der Waals surface area contributed by atoms with Crippen LogP contribution in [0.2, 0.25) is 0 Å². The Morgan fingerprint density at radius 1 is 1.21 bits per heavy atom. The first-order valence-electron chi connectivity index (χ1n) is 7.45. The molecule has 0 radical (unpaired) electrons. The number of nitrogens with zero attached hydrogens (tertiary/aromatic N) is 1. The maximum Gasteiger partial charge on any atom is 0.410 e. The fraction of sp³-hybridized carbons (Fsp3) is 0.933. The summed E-state index contributed by atoms with van der Waals surface area (Å²) < 4.78 is 5.41. The van der Waals surface area contributed by atoms with Crippen molar-refractivity contribution in [3.05, 3.63) is 0 Å². The number of hydrogen-bond acceptors (Lipinski definition) is 3. The van der Waals surface area contributed by atoms with Crippen molar-refractivity contribution in [2.24, 2.45) is 5.92 Å². The molecular weight excluding hydrogens is 240 g/mol. The van der Waals surface area contributed by atoms with Gasteiger partial charge in [0.15, 0.2) is 0 Å². The van der Waals surface area contributed by atoms with E-state index in [4.69, 9.17) is 4.74 Å². The molecule has 1 amide bonds. The Hall–Kier alpha value is -0.770. The Kier molecular flexibility index (Phi) is 8.81. The van der Waals surface area contributed by atoms with Crippen LogP contribution in [0.3, 0.4) is 0 Å². The molecule has 0 atom stereocenters. The Morgan fingerprint density at radius 2 is 1.84 bits per heavy atom. The first-order chi connectivity index (χ1) is 8.76. The third-order valence-electron chi connectivity index (χ3n) is 2.60. The highest BCUT2D eigenvalue weighted by molar-refractivity contribution is 5.68. The molecule has 0 saturated heterocycles. The second-order valence-corrected chi connectivity index (χ2v) is 6.40. The molecule has 0 rings (SSSR count). The summed E-state index contributed by atoms with van der Waals surface area (Å²) >= 11 is 0. The van der Waals surface area contributed by atoms with Gasteiger partial charge >= 0.3 is 6.09 Å². The van der Waals surface area contributed by atoms with Gasteiger partial charge in [-0.3, -0.25) is 0 Å². The summed E-state index contributed by atoms with van der Waals surface area (Å²) in [6.45, 7) is 15.5. The normalized spacial score (nSPS) is 11.7. The Morgan fingerprint density at radius 3 is 2.32 bits per heavy atom. The second-order valence-electron chi connectivity index (χ2n) is 6.40. The number of rotatable bonds is 8. The number of amides is 1. The lowest BCUT2D eigenvalue weighted by Gasteiger charge is -2.27. The minimum absolute atomic E-state index is 0.208. The van der Waals surface area contributed by atoms with E-state index in [2.05, 4.69) is 26.1 Å². The maximum atomic E-state index is 12.0.